The van der Waals surface area contributed by atoms with Crippen molar-refractivity contribution in [1.82, 2.24) is 14.7 Å². The zero-order valence-corrected chi connectivity index (χ0v) is 13.0. The van der Waals surface area contributed by atoms with Gasteiger partial charge in [-0.2, -0.15) is 0 Å². The highest BCUT2D eigenvalue weighted by atomic mass is 32.1. The number of hydrogen-bond donors (Lipinski definition) is 1. The lowest BCUT2D eigenvalue weighted by atomic mass is 10.1. The molecule has 0 amide bonds. The van der Waals surface area contributed by atoms with Crippen molar-refractivity contribution in [3.05, 3.63) is 58.1 Å². The smallest absolute Gasteiger partial charge is 0.194 e. The molecule has 0 spiro atoms. The molecule has 0 radical (unpaired) electrons. The lowest BCUT2D eigenvalue weighted by Crippen LogP contribution is -2.18. The van der Waals surface area contributed by atoms with E-state index in [-0.39, 0.29) is 5.82 Å². The van der Waals surface area contributed by atoms with Crippen molar-refractivity contribution in [2.24, 2.45) is 0 Å². The molecule has 0 fully saturated rings. The maximum absolute atomic E-state index is 12.8. The Morgan fingerprint density at radius 1 is 1.24 bits per heavy atom. The Hall–Kier alpha value is -1.72. The number of fused-ring (bicyclic) bond motifs is 1. The van der Waals surface area contributed by atoms with Crippen LogP contribution in [0.2, 0.25) is 0 Å². The topological polar surface area (TPSA) is 29.3 Å². The number of nitrogens with zero attached hydrogens (tertiary/aromatic N) is 2. The van der Waals surface area contributed by atoms with Gasteiger partial charge in [0, 0.05) is 17.6 Å². The lowest BCUT2D eigenvalue weighted by Gasteiger charge is -2.06. The van der Waals surface area contributed by atoms with Crippen LogP contribution in [0.15, 0.2) is 29.6 Å². The summed E-state index contributed by atoms with van der Waals surface area (Å²) < 4.78 is 15.0. The molecule has 0 atom stereocenters. The molecule has 2 heterocycles. The molecule has 3 rings (SSSR count). The Bertz CT molecular complexity index is 743. The highest BCUT2D eigenvalue weighted by molar-refractivity contribution is 7.15. The second-order valence-corrected chi connectivity index (χ2v) is 6.03. The van der Waals surface area contributed by atoms with Crippen LogP contribution < -0.4 is 5.32 Å². The van der Waals surface area contributed by atoms with Crippen LogP contribution in [0.1, 0.15) is 22.6 Å². The van der Waals surface area contributed by atoms with Crippen LogP contribution in [0.25, 0.3) is 4.96 Å². The van der Waals surface area contributed by atoms with Crippen LogP contribution in [0.4, 0.5) is 4.39 Å². The van der Waals surface area contributed by atoms with Gasteiger partial charge >= 0.3 is 0 Å². The minimum atomic E-state index is -0.183. The van der Waals surface area contributed by atoms with E-state index in [1.807, 2.05) is 12.1 Å². The SMILES string of the molecule is Cc1nc2scc(C)n2c1CNCCc1ccc(F)cc1. The third-order valence-corrected chi connectivity index (χ3v) is 4.57. The fourth-order valence-electron chi connectivity index (χ4n) is 2.47. The zero-order valence-electron chi connectivity index (χ0n) is 12.2. The zero-order chi connectivity index (χ0) is 14.8. The monoisotopic (exact) mass is 303 g/mol. The number of imidazole rings is 1. The van der Waals surface area contributed by atoms with Crippen LogP contribution in [0.5, 0.6) is 0 Å². The Labute approximate surface area is 127 Å². The summed E-state index contributed by atoms with van der Waals surface area (Å²) in [5.41, 5.74) is 4.68. The minimum absolute atomic E-state index is 0.183. The number of hydrogen-bond acceptors (Lipinski definition) is 3. The summed E-state index contributed by atoms with van der Waals surface area (Å²) >= 11 is 1.67. The van der Waals surface area contributed by atoms with Gasteiger partial charge in [0.1, 0.15) is 5.82 Å². The van der Waals surface area contributed by atoms with Crippen molar-refractivity contribution in [2.75, 3.05) is 6.54 Å². The molecular weight excluding hydrogens is 285 g/mol. The number of nitrogens with one attached hydrogen (secondary N) is 1. The maximum atomic E-state index is 12.8. The molecule has 0 aliphatic heterocycles. The fraction of sp³-hybridized carbons (Fsp3) is 0.312. The summed E-state index contributed by atoms with van der Waals surface area (Å²) in [6.45, 7) is 5.82. The molecule has 3 aromatic rings. The third kappa shape index (κ3) is 2.99. The van der Waals surface area contributed by atoms with E-state index < -0.39 is 0 Å². The van der Waals surface area contributed by atoms with Gasteiger partial charge in [-0.1, -0.05) is 12.1 Å². The van der Waals surface area contributed by atoms with Gasteiger partial charge in [0.05, 0.1) is 11.4 Å². The number of aryl methyl sites for hydroxylation is 2. The molecule has 3 nitrogen and oxygen atoms in total. The first kappa shape index (κ1) is 14.2. The normalized spacial score (nSPS) is 11.4. The van der Waals surface area contributed by atoms with E-state index in [1.54, 1.807) is 11.3 Å². The van der Waals surface area contributed by atoms with Crippen LogP contribution in [-0.2, 0) is 13.0 Å². The van der Waals surface area contributed by atoms with Gasteiger partial charge in [-0.15, -0.1) is 11.3 Å². The van der Waals surface area contributed by atoms with Crippen molar-refractivity contribution in [3.63, 3.8) is 0 Å². The van der Waals surface area contributed by atoms with Gasteiger partial charge in [0.25, 0.3) is 0 Å². The molecule has 1 aromatic carbocycles. The van der Waals surface area contributed by atoms with E-state index in [0.717, 1.165) is 35.7 Å². The molecule has 2 aromatic heterocycles. The van der Waals surface area contributed by atoms with Crippen molar-refractivity contribution in [2.45, 2.75) is 26.8 Å². The summed E-state index contributed by atoms with van der Waals surface area (Å²) in [5, 5.41) is 5.58. The van der Waals surface area contributed by atoms with E-state index in [0.29, 0.717) is 0 Å². The molecular formula is C16H18FN3S. The summed E-state index contributed by atoms with van der Waals surface area (Å²) in [6.07, 6.45) is 0.893. The van der Waals surface area contributed by atoms with E-state index in [1.165, 1.54) is 23.5 Å². The molecule has 0 bridgehead atoms. The summed E-state index contributed by atoms with van der Waals surface area (Å²) in [7, 11) is 0. The van der Waals surface area contributed by atoms with E-state index >= 15 is 0 Å². The Morgan fingerprint density at radius 2 is 2.00 bits per heavy atom. The second-order valence-electron chi connectivity index (χ2n) is 5.19. The van der Waals surface area contributed by atoms with Gasteiger partial charge in [-0.25, -0.2) is 9.37 Å². The largest absolute Gasteiger partial charge is 0.311 e. The van der Waals surface area contributed by atoms with Gasteiger partial charge in [0.15, 0.2) is 4.96 Å². The molecule has 0 saturated carbocycles. The standard InChI is InChI=1S/C16H18FN3S/c1-11-10-21-16-19-12(2)15(20(11)16)9-18-8-7-13-3-5-14(17)6-4-13/h3-6,10,18H,7-9H2,1-2H3. The van der Waals surface area contributed by atoms with Crippen LogP contribution in [0, 0.1) is 19.7 Å². The average Bonchev–Trinajstić information content (AvgIpc) is 2.97. The Morgan fingerprint density at radius 3 is 2.76 bits per heavy atom. The van der Waals surface area contributed by atoms with Gasteiger partial charge < -0.3 is 5.32 Å². The quantitative estimate of drug-likeness (QED) is 0.731. The second kappa shape index (κ2) is 5.95. The van der Waals surface area contributed by atoms with Crippen LogP contribution in [0.3, 0.4) is 0 Å². The molecule has 0 saturated heterocycles. The Kier molecular flexibility index (Phi) is 4.03. The van der Waals surface area contributed by atoms with E-state index in [2.05, 4.69) is 33.9 Å². The molecule has 1 N–H and O–H groups in total. The summed E-state index contributed by atoms with van der Waals surface area (Å²) in [4.78, 5) is 5.64. The predicted molar refractivity (Wildman–Crippen MR) is 84.4 cm³/mol. The van der Waals surface area contributed by atoms with Crippen molar-refractivity contribution in [3.8, 4) is 0 Å². The van der Waals surface area contributed by atoms with Crippen molar-refractivity contribution < 1.29 is 4.39 Å². The summed E-state index contributed by atoms with van der Waals surface area (Å²) in [6, 6.07) is 6.69. The molecule has 110 valence electrons. The number of thiazole rings is 1. The van der Waals surface area contributed by atoms with Crippen LogP contribution in [-0.4, -0.2) is 15.9 Å². The molecule has 21 heavy (non-hydrogen) atoms. The first-order valence-electron chi connectivity index (χ1n) is 7.02. The van der Waals surface area contributed by atoms with E-state index in [9.17, 15) is 4.39 Å². The number of rotatable bonds is 5. The van der Waals surface area contributed by atoms with Gasteiger partial charge in [0.2, 0.25) is 0 Å². The summed E-state index contributed by atoms with van der Waals surface area (Å²) in [5.74, 6) is -0.183. The predicted octanol–water partition coefficient (Wildman–Crippen LogP) is 3.48. The maximum Gasteiger partial charge on any atom is 0.194 e. The number of aromatic nitrogens is 2. The van der Waals surface area contributed by atoms with Crippen LogP contribution >= 0.6 is 11.3 Å². The first-order chi connectivity index (χ1) is 10.1. The lowest BCUT2D eigenvalue weighted by molar-refractivity contribution is 0.625. The highest BCUT2D eigenvalue weighted by Crippen LogP contribution is 2.20. The van der Waals surface area contributed by atoms with Crippen molar-refractivity contribution in [1.29, 1.82) is 0 Å². The molecule has 5 heteroatoms. The number of benzene rings is 1. The highest BCUT2D eigenvalue weighted by Gasteiger charge is 2.11. The molecule has 0 aliphatic rings. The van der Waals surface area contributed by atoms with Crippen molar-refractivity contribution >= 4 is 16.3 Å². The number of halogens is 1. The van der Waals surface area contributed by atoms with Gasteiger partial charge in [-0.3, -0.25) is 4.40 Å². The minimum Gasteiger partial charge on any atom is -0.311 e. The first-order valence-corrected chi connectivity index (χ1v) is 7.90. The molecule has 0 aliphatic carbocycles. The fourth-order valence-corrected chi connectivity index (χ4v) is 3.40. The van der Waals surface area contributed by atoms with Gasteiger partial charge in [-0.05, 0) is 44.5 Å². The Balaban J connectivity index is 1.60. The average molecular weight is 303 g/mol. The van der Waals surface area contributed by atoms with E-state index in [4.69, 9.17) is 0 Å². The molecule has 0 unspecified atom stereocenters. The third-order valence-electron chi connectivity index (χ3n) is 3.63.